The maximum atomic E-state index is 13.1. The van der Waals surface area contributed by atoms with Crippen molar-refractivity contribution in [3.05, 3.63) is 60.0 Å². The van der Waals surface area contributed by atoms with Gasteiger partial charge >= 0.3 is 0 Å². The number of aromatic nitrogens is 1. The van der Waals surface area contributed by atoms with Crippen LogP contribution in [0, 0.1) is 5.82 Å². The number of aromatic hydroxyl groups is 1. The molecule has 122 valence electrons. The summed E-state index contributed by atoms with van der Waals surface area (Å²) in [7, 11) is 0. The first kappa shape index (κ1) is 14.7. The van der Waals surface area contributed by atoms with Crippen molar-refractivity contribution < 1.29 is 14.3 Å². The number of hydrogen-bond acceptors (Lipinski definition) is 3. The molecule has 1 aliphatic rings. The van der Waals surface area contributed by atoms with Crippen LogP contribution in [-0.2, 0) is 4.79 Å². The number of nitrogens with zero attached hydrogens (tertiary/aromatic N) is 1. The zero-order valence-electron chi connectivity index (χ0n) is 12.8. The number of carbonyl (C=O) groups excluding carboxylic acids is 1. The quantitative estimate of drug-likeness (QED) is 0.678. The Kier molecular flexibility index (Phi) is 3.46. The van der Waals surface area contributed by atoms with E-state index in [0.717, 1.165) is 16.6 Å². The van der Waals surface area contributed by atoms with Crippen molar-refractivity contribution in [2.24, 2.45) is 0 Å². The highest BCUT2D eigenvalue weighted by atomic mass is 19.1. The summed E-state index contributed by atoms with van der Waals surface area (Å²) in [5.41, 5.74) is 1.47. The van der Waals surface area contributed by atoms with Gasteiger partial charge in [0.25, 0.3) is 0 Å². The summed E-state index contributed by atoms with van der Waals surface area (Å²) in [5, 5.41) is 14.6. The van der Waals surface area contributed by atoms with Gasteiger partial charge in [-0.1, -0.05) is 18.2 Å². The van der Waals surface area contributed by atoms with E-state index >= 15 is 0 Å². The van der Waals surface area contributed by atoms with E-state index in [9.17, 15) is 14.3 Å². The Hall–Kier alpha value is -2.86. The lowest BCUT2D eigenvalue weighted by molar-refractivity contribution is -0.121. The van der Waals surface area contributed by atoms with Gasteiger partial charge in [-0.2, -0.15) is 0 Å². The first-order valence-corrected chi connectivity index (χ1v) is 7.74. The molecule has 24 heavy (non-hydrogen) atoms. The van der Waals surface area contributed by atoms with Gasteiger partial charge in [-0.3, -0.25) is 4.79 Å². The van der Waals surface area contributed by atoms with Gasteiger partial charge in [-0.15, -0.1) is 0 Å². The SMILES string of the molecule is O=C1C(c2ccc(F)cc2)NCCN1c1ccc2c[nH]c(O)c2c1. The molecular formula is C18H16FN3O2. The summed E-state index contributed by atoms with van der Waals surface area (Å²) < 4.78 is 13.1. The Balaban J connectivity index is 1.68. The maximum absolute atomic E-state index is 13.1. The molecule has 0 spiro atoms. The molecule has 4 rings (SSSR count). The number of fused-ring (bicyclic) bond motifs is 1. The zero-order valence-corrected chi connectivity index (χ0v) is 12.8. The second-order valence-electron chi connectivity index (χ2n) is 5.84. The molecule has 0 aliphatic carbocycles. The summed E-state index contributed by atoms with van der Waals surface area (Å²) >= 11 is 0. The molecule has 1 aromatic heterocycles. The Labute approximate surface area is 137 Å². The summed E-state index contributed by atoms with van der Waals surface area (Å²) in [4.78, 5) is 17.3. The van der Waals surface area contributed by atoms with Crippen molar-refractivity contribution in [3.8, 4) is 5.88 Å². The van der Waals surface area contributed by atoms with Crippen LogP contribution in [0.1, 0.15) is 11.6 Å². The van der Waals surface area contributed by atoms with Crippen LogP contribution in [0.4, 0.5) is 10.1 Å². The normalized spacial score (nSPS) is 18.3. The van der Waals surface area contributed by atoms with Crippen LogP contribution in [-0.4, -0.2) is 29.1 Å². The number of rotatable bonds is 2. The molecule has 0 bridgehead atoms. The number of halogens is 1. The van der Waals surface area contributed by atoms with Gasteiger partial charge in [0, 0.05) is 35.7 Å². The Bertz CT molecular complexity index is 904. The molecule has 3 N–H and O–H groups in total. The van der Waals surface area contributed by atoms with E-state index in [1.54, 1.807) is 29.3 Å². The Morgan fingerprint density at radius 3 is 2.75 bits per heavy atom. The Morgan fingerprint density at radius 2 is 1.96 bits per heavy atom. The molecule has 2 heterocycles. The second kappa shape index (κ2) is 5.65. The van der Waals surface area contributed by atoms with Crippen LogP contribution in [0.2, 0.25) is 0 Å². The van der Waals surface area contributed by atoms with E-state index in [-0.39, 0.29) is 17.6 Å². The third-order valence-electron chi connectivity index (χ3n) is 4.37. The highest BCUT2D eigenvalue weighted by Crippen LogP contribution is 2.30. The maximum Gasteiger partial charge on any atom is 0.248 e. The van der Waals surface area contributed by atoms with E-state index < -0.39 is 6.04 Å². The topological polar surface area (TPSA) is 68.4 Å². The fraction of sp³-hybridized carbons (Fsp3) is 0.167. The number of nitrogens with one attached hydrogen (secondary N) is 2. The number of anilines is 1. The molecule has 0 saturated carbocycles. The minimum Gasteiger partial charge on any atom is -0.494 e. The van der Waals surface area contributed by atoms with E-state index in [4.69, 9.17) is 0 Å². The van der Waals surface area contributed by atoms with Gasteiger partial charge in [0.15, 0.2) is 5.88 Å². The van der Waals surface area contributed by atoms with Gasteiger partial charge in [-0.25, -0.2) is 4.39 Å². The number of H-pyrrole nitrogens is 1. The summed E-state index contributed by atoms with van der Waals surface area (Å²) in [6.45, 7) is 1.16. The minimum atomic E-state index is -0.505. The first-order valence-electron chi connectivity index (χ1n) is 7.74. The fourth-order valence-electron chi connectivity index (χ4n) is 3.11. The monoisotopic (exact) mass is 325 g/mol. The minimum absolute atomic E-state index is 0.0875. The van der Waals surface area contributed by atoms with Crippen LogP contribution in [0.15, 0.2) is 48.7 Å². The number of amides is 1. The fourth-order valence-corrected chi connectivity index (χ4v) is 3.11. The molecule has 1 atom stereocenters. The molecule has 1 unspecified atom stereocenters. The van der Waals surface area contributed by atoms with Crippen LogP contribution < -0.4 is 10.2 Å². The molecule has 6 heteroatoms. The molecule has 3 aromatic rings. The number of piperazine rings is 1. The van der Waals surface area contributed by atoms with Crippen LogP contribution >= 0.6 is 0 Å². The van der Waals surface area contributed by atoms with Crippen molar-refractivity contribution in [1.82, 2.24) is 10.3 Å². The molecule has 0 radical (unpaired) electrons. The lowest BCUT2D eigenvalue weighted by atomic mass is 10.0. The van der Waals surface area contributed by atoms with Gasteiger partial charge < -0.3 is 20.3 Å². The summed E-state index contributed by atoms with van der Waals surface area (Å²) in [6, 6.07) is 11.0. The number of hydrogen-bond donors (Lipinski definition) is 3. The second-order valence-corrected chi connectivity index (χ2v) is 5.84. The third-order valence-corrected chi connectivity index (χ3v) is 4.37. The van der Waals surface area contributed by atoms with Crippen molar-refractivity contribution in [3.63, 3.8) is 0 Å². The summed E-state index contributed by atoms with van der Waals surface area (Å²) in [6.07, 6.45) is 1.72. The predicted molar refractivity (Wildman–Crippen MR) is 89.5 cm³/mol. The largest absolute Gasteiger partial charge is 0.494 e. The van der Waals surface area contributed by atoms with E-state index in [1.807, 2.05) is 12.1 Å². The standard InChI is InChI=1S/C18H16FN3O2/c19-13-4-1-11(2-5-13)16-18(24)22(8-7-20-16)14-6-3-12-10-21-17(23)15(12)9-14/h1-6,9-10,16,20-21,23H,7-8H2. The third kappa shape index (κ3) is 2.41. The van der Waals surface area contributed by atoms with Gasteiger partial charge in [-0.05, 0) is 29.8 Å². The van der Waals surface area contributed by atoms with Crippen LogP contribution in [0.25, 0.3) is 10.8 Å². The number of benzene rings is 2. The molecule has 5 nitrogen and oxygen atoms in total. The van der Waals surface area contributed by atoms with Crippen LogP contribution in [0.5, 0.6) is 5.88 Å². The average molecular weight is 325 g/mol. The van der Waals surface area contributed by atoms with Crippen LogP contribution in [0.3, 0.4) is 0 Å². The molecule has 1 saturated heterocycles. The molecular weight excluding hydrogens is 309 g/mol. The zero-order chi connectivity index (χ0) is 16.7. The molecule has 1 fully saturated rings. The van der Waals surface area contributed by atoms with Gasteiger partial charge in [0.2, 0.25) is 5.91 Å². The number of carbonyl (C=O) groups is 1. The smallest absolute Gasteiger partial charge is 0.248 e. The highest BCUT2D eigenvalue weighted by molar-refractivity contribution is 6.01. The van der Waals surface area contributed by atoms with E-state index in [1.165, 1.54) is 12.1 Å². The number of aromatic amines is 1. The molecule has 1 amide bonds. The highest BCUT2D eigenvalue weighted by Gasteiger charge is 2.30. The molecule has 2 aromatic carbocycles. The van der Waals surface area contributed by atoms with Crippen molar-refractivity contribution in [2.45, 2.75) is 6.04 Å². The van der Waals surface area contributed by atoms with Gasteiger partial charge in [0.1, 0.15) is 11.9 Å². The molecule has 1 aliphatic heterocycles. The lowest BCUT2D eigenvalue weighted by Gasteiger charge is -2.33. The van der Waals surface area contributed by atoms with Crippen molar-refractivity contribution in [1.29, 1.82) is 0 Å². The van der Waals surface area contributed by atoms with Gasteiger partial charge in [0.05, 0.1) is 0 Å². The average Bonchev–Trinajstić information content (AvgIpc) is 2.97. The lowest BCUT2D eigenvalue weighted by Crippen LogP contribution is -2.50. The van der Waals surface area contributed by atoms with E-state index in [2.05, 4.69) is 10.3 Å². The van der Waals surface area contributed by atoms with E-state index in [0.29, 0.717) is 18.5 Å². The Morgan fingerprint density at radius 1 is 1.17 bits per heavy atom. The summed E-state index contributed by atoms with van der Waals surface area (Å²) in [5.74, 6) is -0.334. The first-order chi connectivity index (χ1) is 11.6. The van der Waals surface area contributed by atoms with Crippen molar-refractivity contribution in [2.75, 3.05) is 18.0 Å². The van der Waals surface area contributed by atoms with Crippen molar-refractivity contribution >= 4 is 22.4 Å². The predicted octanol–water partition coefficient (Wildman–Crippen LogP) is 2.69.